The number of allylic oxidation sites excluding steroid dienone is 1. The van der Waals surface area contributed by atoms with Gasteiger partial charge >= 0.3 is 0 Å². The van der Waals surface area contributed by atoms with Gasteiger partial charge in [-0.2, -0.15) is 4.99 Å². The predicted octanol–water partition coefficient (Wildman–Crippen LogP) is 0.329. The molecule has 0 aromatic carbocycles. The highest BCUT2D eigenvalue weighted by molar-refractivity contribution is 8.14. The number of hydrazine groups is 1. The van der Waals surface area contributed by atoms with E-state index in [4.69, 9.17) is 10.6 Å². The lowest BCUT2D eigenvalue weighted by molar-refractivity contribution is -0.145. The van der Waals surface area contributed by atoms with Crippen LogP contribution < -0.4 is 16.5 Å². The van der Waals surface area contributed by atoms with Crippen molar-refractivity contribution >= 4 is 68.6 Å². The molecule has 1 aromatic heterocycles. The maximum absolute atomic E-state index is 12.9. The number of nitrogens with zero attached hydrogens (tertiary/aromatic N) is 5. The van der Waals surface area contributed by atoms with Crippen molar-refractivity contribution in [1.29, 1.82) is 0 Å². The third kappa shape index (κ3) is 4.50. The van der Waals surface area contributed by atoms with Crippen LogP contribution in [0.25, 0.3) is 0 Å². The monoisotopic (exact) mass is 522 g/mol. The molecule has 0 unspecified atom stereocenters. The van der Waals surface area contributed by atoms with Crippen molar-refractivity contribution < 1.29 is 19.2 Å². The molecule has 1 fully saturated rings. The fourth-order valence-corrected chi connectivity index (χ4v) is 6.59. The van der Waals surface area contributed by atoms with E-state index in [0.29, 0.717) is 21.8 Å². The summed E-state index contributed by atoms with van der Waals surface area (Å²) in [7, 11) is 3.08. The topological polar surface area (TPSA) is 155 Å². The van der Waals surface area contributed by atoms with Gasteiger partial charge in [-0.05, 0) is 12.5 Å². The fourth-order valence-electron chi connectivity index (χ4n) is 3.44. The summed E-state index contributed by atoms with van der Waals surface area (Å²) >= 11 is 4.13. The van der Waals surface area contributed by atoms with Crippen LogP contribution in [-0.4, -0.2) is 80.6 Å². The molecule has 4 N–H and O–H groups in total. The van der Waals surface area contributed by atoms with Crippen molar-refractivity contribution in [2.45, 2.75) is 18.3 Å². The Kier molecular flexibility index (Phi) is 6.86. The number of nitrogens with two attached hydrogens (primary N) is 1. The van der Waals surface area contributed by atoms with Gasteiger partial charge in [0.05, 0.1) is 0 Å². The number of hydrogen-bond donors (Lipinski definition) is 3. The number of amides is 3. The number of aromatic nitrogens is 1. The summed E-state index contributed by atoms with van der Waals surface area (Å²) in [5, 5.41) is 10.3. The van der Waals surface area contributed by atoms with Gasteiger partial charge in [0.2, 0.25) is 0 Å². The van der Waals surface area contributed by atoms with Crippen LogP contribution in [0.3, 0.4) is 0 Å². The first-order chi connectivity index (χ1) is 16.2. The number of nitrogen functional groups attached to an aromatic ring is 1. The Hall–Kier alpha value is -3.04. The number of fused-ring (bicyclic) bond motifs is 1. The Morgan fingerprint density at radius 2 is 2.26 bits per heavy atom. The third-order valence-electron chi connectivity index (χ3n) is 5.21. The predicted molar refractivity (Wildman–Crippen MR) is 133 cm³/mol. The molecule has 0 spiro atoms. The SMILES string of the molecule is C=C1NN(C)C(SCC2=C(C)N3C(=O)[C@@H](NC(=O)/C(=N\OC)c4csc(N)n4)[C@H]3SC2)=NC1=O. The number of anilines is 1. The average Bonchev–Trinajstić information content (AvgIpc) is 3.23. The van der Waals surface area contributed by atoms with Crippen molar-refractivity contribution in [2.24, 2.45) is 10.1 Å². The molecule has 180 valence electrons. The van der Waals surface area contributed by atoms with E-state index in [1.165, 1.54) is 30.2 Å². The zero-order chi connectivity index (χ0) is 24.6. The quantitative estimate of drug-likeness (QED) is 0.206. The first-order valence-corrected chi connectivity index (χ1v) is 12.8. The molecule has 0 saturated carbocycles. The normalized spacial score (nSPS) is 22.7. The van der Waals surface area contributed by atoms with Crippen LogP contribution in [0.15, 0.2) is 39.1 Å². The van der Waals surface area contributed by atoms with Gasteiger partial charge in [0.25, 0.3) is 17.7 Å². The molecule has 0 bridgehead atoms. The standard InChI is InChI=1S/C19H22N8O4S3/c1-8-14(28)23-19(26(3)24-8)34-6-10-5-32-17-13(16(30)27(17)9(10)2)22-15(29)12(25-31-4)11-7-33-18(20)21-11/h7,13,17,24H,1,5-6H2,2-4H3,(H2,20,21)(H,22,29)/b25-12-/t13-,17-/m1/s1. The number of oxime groups is 1. The number of carbonyl (C=O) groups excluding carboxylic acids is 3. The van der Waals surface area contributed by atoms with E-state index in [1.807, 2.05) is 6.92 Å². The number of β-lactam (4-membered cyclic amide) rings is 1. The summed E-state index contributed by atoms with van der Waals surface area (Å²) in [6.45, 7) is 5.50. The first kappa shape index (κ1) is 24.1. The Morgan fingerprint density at radius 3 is 2.94 bits per heavy atom. The van der Waals surface area contributed by atoms with E-state index >= 15 is 0 Å². The molecule has 12 nitrogen and oxygen atoms in total. The number of hydrogen-bond acceptors (Lipinski definition) is 12. The number of aliphatic imine (C=N–C) groups is 1. The van der Waals surface area contributed by atoms with Gasteiger partial charge in [-0.25, -0.2) is 4.98 Å². The van der Waals surface area contributed by atoms with E-state index in [-0.39, 0.29) is 28.4 Å². The van der Waals surface area contributed by atoms with Crippen molar-refractivity contribution in [2.75, 3.05) is 31.4 Å². The Bertz CT molecular complexity index is 1160. The van der Waals surface area contributed by atoms with Crippen LogP contribution in [0.5, 0.6) is 0 Å². The maximum atomic E-state index is 12.9. The molecular formula is C19H22N8O4S3. The average molecular weight is 523 g/mol. The van der Waals surface area contributed by atoms with Crippen LogP contribution in [0, 0.1) is 0 Å². The van der Waals surface area contributed by atoms with Gasteiger partial charge in [0.15, 0.2) is 16.0 Å². The molecule has 0 radical (unpaired) electrons. The number of thioether (sulfide) groups is 2. The lowest BCUT2D eigenvalue weighted by atomic mass is 10.0. The molecule has 4 rings (SSSR count). The van der Waals surface area contributed by atoms with Crippen LogP contribution in [0.2, 0.25) is 0 Å². The van der Waals surface area contributed by atoms with E-state index in [2.05, 4.69) is 32.5 Å². The van der Waals surface area contributed by atoms with E-state index in [9.17, 15) is 14.4 Å². The van der Waals surface area contributed by atoms with E-state index in [0.717, 1.165) is 11.3 Å². The summed E-state index contributed by atoms with van der Waals surface area (Å²) < 4.78 is 0. The Balaban J connectivity index is 1.41. The van der Waals surface area contributed by atoms with Crippen molar-refractivity contribution in [3.8, 4) is 0 Å². The van der Waals surface area contributed by atoms with E-state index in [1.54, 1.807) is 34.1 Å². The van der Waals surface area contributed by atoms with Gasteiger partial charge < -0.3 is 15.9 Å². The molecule has 3 amide bonds. The molecule has 2 atom stereocenters. The summed E-state index contributed by atoms with van der Waals surface area (Å²) in [5.41, 5.74) is 10.9. The molecule has 15 heteroatoms. The number of rotatable bonds is 6. The minimum atomic E-state index is -0.693. The molecular weight excluding hydrogens is 500 g/mol. The third-order valence-corrected chi connectivity index (χ3v) is 8.34. The van der Waals surface area contributed by atoms with Crippen LogP contribution in [-0.2, 0) is 19.2 Å². The van der Waals surface area contributed by atoms with Gasteiger partial charge in [0, 0.05) is 29.6 Å². The smallest absolute Gasteiger partial charge is 0.296 e. The fraction of sp³-hybridized carbons (Fsp3) is 0.368. The lowest BCUT2D eigenvalue weighted by Crippen LogP contribution is -2.70. The van der Waals surface area contributed by atoms with Crippen molar-refractivity contribution in [1.82, 2.24) is 25.6 Å². The van der Waals surface area contributed by atoms with Crippen molar-refractivity contribution in [3.63, 3.8) is 0 Å². The molecule has 4 heterocycles. The highest BCUT2D eigenvalue weighted by Gasteiger charge is 2.51. The largest absolute Gasteiger partial charge is 0.398 e. The van der Waals surface area contributed by atoms with Gasteiger partial charge in [-0.15, -0.1) is 23.1 Å². The molecule has 1 saturated heterocycles. The molecule has 1 aromatic rings. The minimum Gasteiger partial charge on any atom is -0.398 e. The summed E-state index contributed by atoms with van der Waals surface area (Å²) in [6.07, 6.45) is 0. The Labute approximate surface area is 207 Å². The molecule has 0 aliphatic carbocycles. The molecule has 3 aliphatic rings. The number of nitrogens with one attached hydrogen (secondary N) is 2. The second-order valence-electron chi connectivity index (χ2n) is 7.38. The van der Waals surface area contributed by atoms with Crippen LogP contribution in [0.4, 0.5) is 5.13 Å². The lowest BCUT2D eigenvalue weighted by Gasteiger charge is -2.50. The number of thiazole rings is 1. The number of carbonyl (C=O) groups is 3. The summed E-state index contributed by atoms with van der Waals surface area (Å²) in [5.74, 6) is 0.0583. The minimum absolute atomic E-state index is 0.0462. The van der Waals surface area contributed by atoms with Gasteiger partial charge in [0.1, 0.15) is 29.9 Å². The second kappa shape index (κ2) is 9.68. The second-order valence-corrected chi connectivity index (χ2v) is 10.3. The molecule has 34 heavy (non-hydrogen) atoms. The van der Waals surface area contributed by atoms with Crippen molar-refractivity contribution in [3.05, 3.63) is 34.6 Å². The van der Waals surface area contributed by atoms with Gasteiger partial charge in [-0.3, -0.25) is 29.7 Å². The summed E-state index contributed by atoms with van der Waals surface area (Å²) in [4.78, 5) is 52.1. The van der Waals surface area contributed by atoms with Gasteiger partial charge in [-0.1, -0.05) is 23.5 Å². The van der Waals surface area contributed by atoms with E-state index < -0.39 is 17.9 Å². The summed E-state index contributed by atoms with van der Waals surface area (Å²) in [6, 6.07) is -0.693. The highest BCUT2D eigenvalue weighted by atomic mass is 32.2. The molecule has 3 aliphatic heterocycles. The zero-order valence-electron chi connectivity index (χ0n) is 18.5. The first-order valence-electron chi connectivity index (χ1n) is 9.93. The Morgan fingerprint density at radius 1 is 1.50 bits per heavy atom. The zero-order valence-corrected chi connectivity index (χ0v) is 21.0. The highest BCUT2D eigenvalue weighted by Crippen LogP contribution is 2.41. The van der Waals surface area contributed by atoms with Crippen LogP contribution in [0.1, 0.15) is 12.6 Å². The maximum Gasteiger partial charge on any atom is 0.296 e. The number of amidine groups is 1. The van der Waals surface area contributed by atoms with Crippen LogP contribution >= 0.6 is 34.9 Å².